The van der Waals surface area contributed by atoms with Crippen molar-refractivity contribution in [2.45, 2.75) is 22.0 Å². The van der Waals surface area contributed by atoms with Crippen LogP contribution in [0.15, 0.2) is 0 Å². The Morgan fingerprint density at radius 3 is 2.69 bits per heavy atom. The first kappa shape index (κ1) is 10.7. The lowest BCUT2D eigenvalue weighted by molar-refractivity contribution is 0.269. The van der Waals surface area contributed by atoms with Gasteiger partial charge in [-0.3, -0.25) is 10.2 Å². The fraction of sp³-hybridized carbons (Fsp3) is 1.00. The van der Waals surface area contributed by atoms with Crippen molar-refractivity contribution in [2.75, 3.05) is 25.0 Å². The summed E-state index contributed by atoms with van der Waals surface area (Å²) >= 11 is 9.34. The molecule has 2 nitrogen and oxygen atoms in total. The van der Waals surface area contributed by atoms with Gasteiger partial charge in [0.2, 0.25) is 0 Å². The number of likely N-dealkylation sites (tertiary alicyclic amines) is 1. The maximum Gasteiger partial charge on any atom is 0.177 e. The molecular formula is C8H14Br2N2S. The van der Waals surface area contributed by atoms with Gasteiger partial charge in [-0.2, -0.15) is 0 Å². The van der Waals surface area contributed by atoms with Crippen molar-refractivity contribution in [1.82, 2.24) is 10.2 Å². The highest BCUT2D eigenvalue weighted by molar-refractivity contribution is 9.12. The molecule has 76 valence electrons. The maximum atomic E-state index is 3.81. The quantitative estimate of drug-likeness (QED) is 0.617. The predicted octanol–water partition coefficient (Wildman–Crippen LogP) is 2.19. The number of rotatable bonds is 2. The molecule has 1 N–H and O–H groups in total. The molecule has 5 heteroatoms. The summed E-state index contributed by atoms with van der Waals surface area (Å²) in [5, 5.41) is 5.32. The largest absolute Gasteiger partial charge is 0.280 e. The van der Waals surface area contributed by atoms with Crippen LogP contribution in [0.2, 0.25) is 0 Å². The summed E-state index contributed by atoms with van der Waals surface area (Å²) in [5.74, 6) is 0. The van der Waals surface area contributed by atoms with Crippen LogP contribution in [0.4, 0.5) is 0 Å². The number of hydrogen-bond acceptors (Lipinski definition) is 3. The van der Waals surface area contributed by atoms with Crippen molar-refractivity contribution in [3.8, 4) is 0 Å². The van der Waals surface area contributed by atoms with E-state index in [0.717, 1.165) is 11.9 Å². The van der Waals surface area contributed by atoms with Crippen molar-refractivity contribution >= 4 is 43.6 Å². The molecule has 2 unspecified atom stereocenters. The highest BCUT2D eigenvalue weighted by Gasteiger charge is 2.42. The molecule has 0 aromatic carbocycles. The van der Waals surface area contributed by atoms with Gasteiger partial charge in [0.05, 0.1) is 0 Å². The monoisotopic (exact) mass is 328 g/mol. The zero-order valence-electron chi connectivity index (χ0n) is 7.43. The second-order valence-corrected chi connectivity index (χ2v) is 7.34. The van der Waals surface area contributed by atoms with E-state index in [-0.39, 0.29) is 3.90 Å². The van der Waals surface area contributed by atoms with Gasteiger partial charge in [0.25, 0.3) is 0 Å². The van der Waals surface area contributed by atoms with Crippen LogP contribution in [0, 0.1) is 0 Å². The number of nitrogens with one attached hydrogen (secondary N) is 1. The SMILES string of the molecule is BrCC1CNC(Br)(N2CCCC2)S1. The first-order chi connectivity index (χ1) is 6.24. The van der Waals surface area contributed by atoms with Crippen LogP contribution in [-0.4, -0.2) is 39.0 Å². The summed E-state index contributed by atoms with van der Waals surface area (Å²) in [6, 6.07) is 0. The number of nitrogens with zero attached hydrogens (tertiary/aromatic N) is 1. The molecule has 0 aliphatic carbocycles. The van der Waals surface area contributed by atoms with Gasteiger partial charge in [0.1, 0.15) is 0 Å². The second kappa shape index (κ2) is 4.39. The van der Waals surface area contributed by atoms with Gasteiger partial charge in [0.15, 0.2) is 3.90 Å². The molecule has 0 aromatic heterocycles. The highest BCUT2D eigenvalue weighted by atomic mass is 79.9. The summed E-state index contributed by atoms with van der Waals surface area (Å²) in [6.45, 7) is 3.54. The standard InChI is InChI=1S/C8H14Br2N2S/c9-5-7-6-11-8(10,13-7)12-3-1-2-4-12/h7,11H,1-6H2. The van der Waals surface area contributed by atoms with E-state index in [2.05, 4.69) is 42.1 Å². The maximum absolute atomic E-state index is 3.81. The molecule has 0 amide bonds. The fourth-order valence-electron chi connectivity index (χ4n) is 1.82. The van der Waals surface area contributed by atoms with Gasteiger partial charge < -0.3 is 0 Å². The molecule has 2 atom stereocenters. The Morgan fingerprint density at radius 1 is 1.46 bits per heavy atom. The number of alkyl halides is 2. The number of thioether (sulfide) groups is 1. The van der Waals surface area contributed by atoms with E-state index in [1.54, 1.807) is 0 Å². The second-order valence-electron chi connectivity index (χ2n) is 3.53. The first-order valence-electron chi connectivity index (χ1n) is 4.67. The van der Waals surface area contributed by atoms with Crippen LogP contribution in [-0.2, 0) is 0 Å². The summed E-state index contributed by atoms with van der Waals surface area (Å²) < 4.78 is 0.0297. The van der Waals surface area contributed by atoms with Gasteiger partial charge in [-0.05, 0) is 28.8 Å². The van der Waals surface area contributed by atoms with Crippen molar-refractivity contribution in [3.63, 3.8) is 0 Å². The van der Waals surface area contributed by atoms with Gasteiger partial charge in [-0.1, -0.05) is 15.9 Å². The minimum Gasteiger partial charge on any atom is -0.280 e. The van der Waals surface area contributed by atoms with Crippen LogP contribution >= 0.6 is 43.6 Å². The van der Waals surface area contributed by atoms with Crippen molar-refractivity contribution < 1.29 is 0 Å². The molecule has 2 heterocycles. The lowest BCUT2D eigenvalue weighted by Crippen LogP contribution is -2.46. The van der Waals surface area contributed by atoms with E-state index in [0.29, 0.717) is 5.25 Å². The average Bonchev–Trinajstić information content (AvgIpc) is 2.72. The van der Waals surface area contributed by atoms with E-state index >= 15 is 0 Å². The Hall–Kier alpha value is 1.23. The third-order valence-electron chi connectivity index (χ3n) is 2.56. The lowest BCUT2D eigenvalue weighted by Gasteiger charge is -2.32. The van der Waals surface area contributed by atoms with Crippen LogP contribution in [0.3, 0.4) is 0 Å². The Kier molecular flexibility index (Phi) is 3.63. The zero-order chi connectivity index (χ0) is 9.31. The van der Waals surface area contributed by atoms with Crippen LogP contribution in [0.25, 0.3) is 0 Å². The molecule has 13 heavy (non-hydrogen) atoms. The van der Waals surface area contributed by atoms with Gasteiger partial charge >= 0.3 is 0 Å². The van der Waals surface area contributed by atoms with Crippen molar-refractivity contribution in [3.05, 3.63) is 0 Å². The van der Waals surface area contributed by atoms with E-state index in [4.69, 9.17) is 0 Å². The summed E-state index contributed by atoms with van der Waals surface area (Å²) in [7, 11) is 0. The van der Waals surface area contributed by atoms with Gasteiger partial charge in [-0.15, -0.1) is 11.8 Å². The van der Waals surface area contributed by atoms with Gasteiger partial charge in [0, 0.05) is 30.2 Å². The average molecular weight is 330 g/mol. The Bertz CT molecular complexity index is 187. The first-order valence-corrected chi connectivity index (χ1v) is 7.47. The fourth-order valence-corrected chi connectivity index (χ4v) is 4.93. The number of hydrogen-bond donors (Lipinski definition) is 1. The highest BCUT2D eigenvalue weighted by Crippen LogP contribution is 2.42. The van der Waals surface area contributed by atoms with Gasteiger partial charge in [-0.25, -0.2) is 0 Å². The van der Waals surface area contributed by atoms with Crippen molar-refractivity contribution in [2.24, 2.45) is 0 Å². The molecular weight excluding hydrogens is 316 g/mol. The third-order valence-corrected chi connectivity index (χ3v) is 6.49. The lowest BCUT2D eigenvalue weighted by atomic mass is 10.4. The molecule has 0 radical (unpaired) electrons. The topological polar surface area (TPSA) is 15.3 Å². The minimum atomic E-state index is 0.0297. The predicted molar refractivity (Wildman–Crippen MR) is 65.6 cm³/mol. The van der Waals surface area contributed by atoms with Crippen molar-refractivity contribution in [1.29, 1.82) is 0 Å². The number of halogens is 2. The van der Waals surface area contributed by atoms with E-state index in [9.17, 15) is 0 Å². The van der Waals surface area contributed by atoms with Crippen LogP contribution < -0.4 is 5.32 Å². The minimum absolute atomic E-state index is 0.0297. The molecule has 2 aliphatic rings. The molecule has 0 aromatic rings. The molecule has 2 saturated heterocycles. The molecule has 2 aliphatic heterocycles. The Labute approximate surface area is 100 Å². The smallest absolute Gasteiger partial charge is 0.177 e. The Morgan fingerprint density at radius 2 is 2.15 bits per heavy atom. The molecule has 0 bridgehead atoms. The molecule has 0 spiro atoms. The third kappa shape index (κ3) is 2.25. The van der Waals surface area contributed by atoms with E-state index < -0.39 is 0 Å². The molecule has 2 rings (SSSR count). The summed E-state index contributed by atoms with van der Waals surface area (Å²) in [4.78, 5) is 2.50. The molecule has 0 saturated carbocycles. The summed E-state index contributed by atoms with van der Waals surface area (Å²) in [5.41, 5.74) is 0. The van der Waals surface area contributed by atoms with Crippen LogP contribution in [0.1, 0.15) is 12.8 Å². The summed E-state index contributed by atoms with van der Waals surface area (Å²) in [6.07, 6.45) is 2.68. The van der Waals surface area contributed by atoms with E-state index in [1.807, 2.05) is 11.8 Å². The Balaban J connectivity index is 1.96. The molecule has 2 fully saturated rings. The van der Waals surface area contributed by atoms with E-state index in [1.165, 1.54) is 25.9 Å². The zero-order valence-corrected chi connectivity index (χ0v) is 11.4. The normalized spacial score (nSPS) is 41.5. The van der Waals surface area contributed by atoms with Crippen LogP contribution in [0.5, 0.6) is 0 Å².